The number of nitrogens with one attached hydrogen (secondary N) is 1. The molecular formula is C13H20N2O. The molecule has 4 heterocycles. The van der Waals surface area contributed by atoms with Crippen molar-refractivity contribution >= 4 is 0 Å². The number of piperidine rings is 3. The van der Waals surface area contributed by atoms with Gasteiger partial charge in [0.1, 0.15) is 5.76 Å². The molecule has 3 fully saturated rings. The Morgan fingerprint density at radius 3 is 2.88 bits per heavy atom. The molecule has 0 aliphatic carbocycles. The summed E-state index contributed by atoms with van der Waals surface area (Å²) in [5.41, 5.74) is 0. The maximum Gasteiger partial charge on any atom is 0.105 e. The summed E-state index contributed by atoms with van der Waals surface area (Å²) in [5, 5.41) is 3.69. The Kier molecular flexibility index (Phi) is 2.98. The highest BCUT2D eigenvalue weighted by molar-refractivity contribution is 4.99. The second-order valence-electron chi connectivity index (χ2n) is 5.03. The average molecular weight is 220 g/mol. The SMILES string of the molecule is c1coc(CCNC2CN3CCC2CC3)c1. The van der Waals surface area contributed by atoms with E-state index in [1.54, 1.807) is 6.26 Å². The van der Waals surface area contributed by atoms with Crippen molar-refractivity contribution in [3.8, 4) is 0 Å². The molecule has 1 aromatic rings. The lowest BCUT2D eigenvalue weighted by Gasteiger charge is -2.45. The zero-order valence-corrected chi connectivity index (χ0v) is 9.69. The van der Waals surface area contributed by atoms with Gasteiger partial charge in [0.15, 0.2) is 0 Å². The van der Waals surface area contributed by atoms with Gasteiger partial charge in [0.05, 0.1) is 6.26 Å². The second kappa shape index (κ2) is 4.60. The predicted octanol–water partition coefficient (Wildman–Crippen LogP) is 1.51. The number of nitrogens with zero attached hydrogens (tertiary/aromatic N) is 1. The van der Waals surface area contributed by atoms with E-state index in [4.69, 9.17) is 4.42 Å². The minimum absolute atomic E-state index is 0.720. The van der Waals surface area contributed by atoms with Crippen LogP contribution < -0.4 is 5.32 Å². The molecule has 3 aliphatic heterocycles. The molecule has 2 bridgehead atoms. The quantitative estimate of drug-likeness (QED) is 0.833. The maximum absolute atomic E-state index is 5.33. The van der Waals surface area contributed by atoms with Crippen LogP contribution in [0.2, 0.25) is 0 Å². The molecular weight excluding hydrogens is 200 g/mol. The van der Waals surface area contributed by atoms with Gasteiger partial charge in [0.2, 0.25) is 0 Å². The molecule has 0 aromatic carbocycles. The van der Waals surface area contributed by atoms with Gasteiger partial charge >= 0.3 is 0 Å². The Morgan fingerprint density at radius 1 is 1.38 bits per heavy atom. The third kappa shape index (κ3) is 2.15. The highest BCUT2D eigenvalue weighted by Crippen LogP contribution is 2.27. The molecule has 1 N–H and O–H groups in total. The van der Waals surface area contributed by atoms with E-state index in [0.717, 1.165) is 30.7 Å². The summed E-state index contributed by atoms with van der Waals surface area (Å²) in [6.45, 7) is 4.94. The van der Waals surface area contributed by atoms with Crippen LogP contribution in [0.15, 0.2) is 22.8 Å². The molecule has 1 unspecified atom stereocenters. The predicted molar refractivity (Wildman–Crippen MR) is 63.4 cm³/mol. The van der Waals surface area contributed by atoms with E-state index in [1.807, 2.05) is 6.07 Å². The first-order chi connectivity index (χ1) is 7.92. The van der Waals surface area contributed by atoms with Crippen molar-refractivity contribution < 1.29 is 4.42 Å². The third-order valence-electron chi connectivity index (χ3n) is 4.01. The topological polar surface area (TPSA) is 28.4 Å². The van der Waals surface area contributed by atoms with E-state index in [2.05, 4.69) is 16.3 Å². The van der Waals surface area contributed by atoms with E-state index >= 15 is 0 Å². The molecule has 16 heavy (non-hydrogen) atoms. The highest BCUT2D eigenvalue weighted by Gasteiger charge is 2.33. The number of fused-ring (bicyclic) bond motifs is 3. The fraction of sp³-hybridized carbons (Fsp3) is 0.692. The first-order valence-corrected chi connectivity index (χ1v) is 6.40. The summed E-state index contributed by atoms with van der Waals surface area (Å²) in [7, 11) is 0. The van der Waals surface area contributed by atoms with Crippen molar-refractivity contribution in [3.05, 3.63) is 24.2 Å². The van der Waals surface area contributed by atoms with E-state index < -0.39 is 0 Å². The van der Waals surface area contributed by atoms with Gasteiger partial charge in [-0.05, 0) is 44.0 Å². The molecule has 0 spiro atoms. The zero-order valence-electron chi connectivity index (χ0n) is 9.69. The van der Waals surface area contributed by atoms with Gasteiger partial charge in [0.25, 0.3) is 0 Å². The van der Waals surface area contributed by atoms with Gasteiger partial charge in [-0.25, -0.2) is 0 Å². The van der Waals surface area contributed by atoms with Gasteiger partial charge in [-0.15, -0.1) is 0 Å². The van der Waals surface area contributed by atoms with Crippen LogP contribution in [-0.2, 0) is 6.42 Å². The lowest BCUT2D eigenvalue weighted by molar-refractivity contribution is 0.0729. The molecule has 1 atom stereocenters. The van der Waals surface area contributed by atoms with Gasteiger partial charge < -0.3 is 14.6 Å². The highest BCUT2D eigenvalue weighted by atomic mass is 16.3. The minimum Gasteiger partial charge on any atom is -0.469 e. The monoisotopic (exact) mass is 220 g/mol. The Bertz CT molecular complexity index is 315. The van der Waals surface area contributed by atoms with E-state index in [-0.39, 0.29) is 0 Å². The van der Waals surface area contributed by atoms with Crippen LogP contribution in [0.3, 0.4) is 0 Å². The summed E-state index contributed by atoms with van der Waals surface area (Å²) in [5.74, 6) is 2.01. The standard InChI is InChI=1S/C13H20N2O/c1-2-12(16-9-1)3-6-14-13-10-15-7-4-11(13)5-8-15/h1-2,9,11,13-14H,3-8,10H2. The summed E-state index contributed by atoms with van der Waals surface area (Å²) in [6.07, 6.45) is 5.54. The van der Waals surface area contributed by atoms with Crippen molar-refractivity contribution in [3.63, 3.8) is 0 Å². The van der Waals surface area contributed by atoms with Crippen LogP contribution in [0.25, 0.3) is 0 Å². The maximum atomic E-state index is 5.33. The molecule has 3 aliphatic rings. The molecule has 0 saturated carbocycles. The van der Waals surface area contributed by atoms with Gasteiger partial charge in [-0.1, -0.05) is 0 Å². The summed E-state index contributed by atoms with van der Waals surface area (Å²) in [4.78, 5) is 2.59. The zero-order chi connectivity index (χ0) is 10.8. The molecule has 0 amide bonds. The van der Waals surface area contributed by atoms with Crippen molar-refractivity contribution in [2.24, 2.45) is 5.92 Å². The van der Waals surface area contributed by atoms with Gasteiger partial charge in [0, 0.05) is 25.6 Å². The minimum atomic E-state index is 0.720. The van der Waals surface area contributed by atoms with Crippen LogP contribution in [0.5, 0.6) is 0 Å². The Balaban J connectivity index is 1.45. The van der Waals surface area contributed by atoms with E-state index in [1.165, 1.54) is 32.5 Å². The lowest BCUT2D eigenvalue weighted by Crippen LogP contribution is -2.56. The molecule has 4 rings (SSSR count). The van der Waals surface area contributed by atoms with Crippen molar-refractivity contribution in [2.45, 2.75) is 25.3 Å². The fourth-order valence-electron chi connectivity index (χ4n) is 3.03. The summed E-state index contributed by atoms with van der Waals surface area (Å²) >= 11 is 0. The molecule has 3 saturated heterocycles. The molecule has 0 radical (unpaired) electrons. The first kappa shape index (κ1) is 10.4. The van der Waals surface area contributed by atoms with E-state index in [0.29, 0.717) is 0 Å². The van der Waals surface area contributed by atoms with Crippen molar-refractivity contribution in [1.82, 2.24) is 10.2 Å². The van der Waals surface area contributed by atoms with E-state index in [9.17, 15) is 0 Å². The van der Waals surface area contributed by atoms with Crippen molar-refractivity contribution in [2.75, 3.05) is 26.2 Å². The molecule has 88 valence electrons. The Hall–Kier alpha value is -0.800. The second-order valence-corrected chi connectivity index (χ2v) is 5.03. The largest absolute Gasteiger partial charge is 0.469 e. The van der Waals surface area contributed by atoms with Crippen molar-refractivity contribution in [1.29, 1.82) is 0 Å². The molecule has 3 heteroatoms. The average Bonchev–Trinajstić information content (AvgIpc) is 2.84. The number of hydrogen-bond donors (Lipinski definition) is 1. The smallest absolute Gasteiger partial charge is 0.105 e. The Morgan fingerprint density at radius 2 is 2.25 bits per heavy atom. The first-order valence-electron chi connectivity index (χ1n) is 6.40. The number of rotatable bonds is 4. The molecule has 1 aromatic heterocycles. The van der Waals surface area contributed by atoms with Crippen LogP contribution in [0.1, 0.15) is 18.6 Å². The lowest BCUT2D eigenvalue weighted by atomic mass is 9.84. The van der Waals surface area contributed by atoms with Gasteiger partial charge in [-0.2, -0.15) is 0 Å². The number of furan rings is 1. The summed E-state index contributed by atoms with van der Waals surface area (Å²) in [6, 6.07) is 4.74. The normalized spacial score (nSPS) is 33.1. The van der Waals surface area contributed by atoms with Crippen LogP contribution >= 0.6 is 0 Å². The van der Waals surface area contributed by atoms with Crippen LogP contribution in [0.4, 0.5) is 0 Å². The fourth-order valence-corrected chi connectivity index (χ4v) is 3.03. The van der Waals surface area contributed by atoms with Crippen LogP contribution in [0, 0.1) is 5.92 Å². The Labute approximate surface area is 96.8 Å². The van der Waals surface area contributed by atoms with Crippen LogP contribution in [-0.4, -0.2) is 37.1 Å². The molecule has 3 nitrogen and oxygen atoms in total. The number of hydrogen-bond acceptors (Lipinski definition) is 3. The third-order valence-corrected chi connectivity index (χ3v) is 4.01. The summed E-state index contributed by atoms with van der Waals surface area (Å²) < 4.78 is 5.33. The van der Waals surface area contributed by atoms with Gasteiger partial charge in [-0.3, -0.25) is 0 Å².